The Hall–Kier alpha value is -6.21. The number of fused-ring (bicyclic) bond motifs is 8. The first-order valence-electron chi connectivity index (χ1n) is 14.9. The fourth-order valence-electron chi connectivity index (χ4n) is 8.57. The summed E-state index contributed by atoms with van der Waals surface area (Å²) in [5, 5.41) is 8.13. The number of hydrogen-bond donors (Lipinski definition) is 0. The quantitative estimate of drug-likeness (QED) is 0.150. The minimum Gasteiger partial charge on any atom is -0.319 e. The van der Waals surface area contributed by atoms with Crippen LogP contribution in [0.1, 0.15) is 5.56 Å². The highest BCUT2D eigenvalue weighted by Gasteiger charge is 2.30. The van der Waals surface area contributed by atoms with Gasteiger partial charge in [0.25, 0.3) is 5.56 Å². The Morgan fingerprint density at radius 2 is 1.16 bits per heavy atom. The van der Waals surface area contributed by atoms with Gasteiger partial charge in [-0.05, 0) is 71.6 Å². The maximum absolute atomic E-state index is 14.6. The summed E-state index contributed by atoms with van der Waals surface area (Å²) >= 11 is 0. The maximum atomic E-state index is 14.6. The van der Waals surface area contributed by atoms with Crippen molar-refractivity contribution in [3.8, 4) is 11.4 Å². The highest BCUT2D eigenvalue weighted by Crippen LogP contribution is 2.47. The Morgan fingerprint density at radius 3 is 1.96 bits per heavy atom. The second kappa shape index (κ2) is 6.95. The van der Waals surface area contributed by atoms with Crippen LogP contribution >= 0.6 is 0 Å². The van der Waals surface area contributed by atoms with Gasteiger partial charge >= 0.3 is 0 Å². The topological polar surface area (TPSA) is 86.3 Å². The molecule has 206 valence electrons. The summed E-state index contributed by atoms with van der Waals surface area (Å²) in [6, 6.07) is 27.0. The Morgan fingerprint density at radius 1 is 0.533 bits per heavy atom. The van der Waals surface area contributed by atoms with E-state index < -0.39 is 0 Å². The van der Waals surface area contributed by atoms with Gasteiger partial charge in [-0.15, -0.1) is 0 Å². The number of aromatic nitrogens is 4. The van der Waals surface area contributed by atoms with Crippen LogP contribution in [0.2, 0.25) is 0 Å². The number of rotatable bonds is 0. The SMILES string of the molecule is O=c1c2cc3c4c(ccc5c(=O)c6cc7c8c(ccc1c8c6c2c45)c(=O)n1c2ccccc2nc71)-c1nc2ccccc2n1C3. The third-order valence-electron chi connectivity index (χ3n) is 10.3. The van der Waals surface area contributed by atoms with Crippen molar-refractivity contribution in [3.05, 3.63) is 121 Å². The lowest BCUT2D eigenvalue weighted by atomic mass is 9.81. The lowest BCUT2D eigenvalue weighted by Crippen LogP contribution is -2.17. The van der Waals surface area contributed by atoms with Crippen LogP contribution in [0.25, 0.3) is 104 Å². The van der Waals surface area contributed by atoms with Crippen LogP contribution in [0.5, 0.6) is 0 Å². The number of imidazole rings is 2. The van der Waals surface area contributed by atoms with Gasteiger partial charge in [0.1, 0.15) is 11.5 Å². The van der Waals surface area contributed by atoms with Crippen LogP contribution in [-0.4, -0.2) is 18.9 Å². The van der Waals surface area contributed by atoms with E-state index in [4.69, 9.17) is 9.97 Å². The fourth-order valence-corrected chi connectivity index (χ4v) is 8.57. The molecule has 4 heterocycles. The average Bonchev–Trinajstić information content (AvgIpc) is 3.65. The van der Waals surface area contributed by atoms with E-state index in [0.29, 0.717) is 66.3 Å². The van der Waals surface area contributed by atoms with Gasteiger partial charge in [0, 0.05) is 64.8 Å². The van der Waals surface area contributed by atoms with Gasteiger partial charge in [-0.1, -0.05) is 24.3 Å². The third kappa shape index (κ3) is 2.28. The van der Waals surface area contributed by atoms with Crippen LogP contribution in [-0.2, 0) is 6.54 Å². The van der Waals surface area contributed by atoms with Gasteiger partial charge in [-0.2, -0.15) is 0 Å². The molecule has 7 heteroatoms. The van der Waals surface area contributed by atoms with Crippen molar-refractivity contribution >= 4 is 92.3 Å². The highest BCUT2D eigenvalue weighted by atomic mass is 16.1. The molecule has 3 aromatic heterocycles. The molecule has 11 aromatic rings. The first-order chi connectivity index (χ1) is 22.1. The molecule has 0 fully saturated rings. The molecule has 0 saturated heterocycles. The number of nitrogens with zero attached hydrogens (tertiary/aromatic N) is 4. The van der Waals surface area contributed by atoms with Gasteiger partial charge in [0.05, 0.1) is 28.6 Å². The number of pyridine rings is 1. The molecule has 0 N–H and O–H groups in total. The lowest BCUT2D eigenvalue weighted by Gasteiger charge is -2.24. The molecule has 7 nitrogen and oxygen atoms in total. The summed E-state index contributed by atoms with van der Waals surface area (Å²) in [5.41, 5.74) is 5.44. The van der Waals surface area contributed by atoms with Gasteiger partial charge in [-0.25, -0.2) is 9.97 Å². The largest absolute Gasteiger partial charge is 0.319 e. The summed E-state index contributed by atoms with van der Waals surface area (Å²) in [6.45, 7) is 0.551. The van der Waals surface area contributed by atoms with Crippen molar-refractivity contribution in [1.82, 2.24) is 18.9 Å². The van der Waals surface area contributed by atoms with Crippen LogP contribution in [0.4, 0.5) is 0 Å². The summed E-state index contributed by atoms with van der Waals surface area (Å²) in [4.78, 5) is 53.1. The summed E-state index contributed by atoms with van der Waals surface area (Å²) < 4.78 is 3.83. The number of hydrogen-bond acceptors (Lipinski definition) is 5. The smallest absolute Gasteiger partial charge is 0.264 e. The molecular formula is C38H16N4O3. The number of benzene rings is 8. The van der Waals surface area contributed by atoms with Crippen molar-refractivity contribution in [2.24, 2.45) is 0 Å². The second-order valence-electron chi connectivity index (χ2n) is 12.4. The Bertz CT molecular complexity index is 3360. The van der Waals surface area contributed by atoms with E-state index in [9.17, 15) is 14.4 Å². The Kier molecular flexibility index (Phi) is 3.45. The zero-order valence-electron chi connectivity index (χ0n) is 23.3. The molecule has 1 aliphatic rings. The second-order valence-corrected chi connectivity index (χ2v) is 12.4. The molecule has 0 aliphatic carbocycles. The van der Waals surface area contributed by atoms with Crippen LogP contribution in [0.15, 0.2) is 99.3 Å². The molecule has 1 aliphatic heterocycles. The zero-order chi connectivity index (χ0) is 29.5. The van der Waals surface area contributed by atoms with E-state index in [-0.39, 0.29) is 16.4 Å². The van der Waals surface area contributed by atoms with E-state index in [1.165, 1.54) is 0 Å². The summed E-state index contributed by atoms with van der Waals surface area (Å²) in [7, 11) is 0. The van der Waals surface area contributed by atoms with Crippen LogP contribution < -0.4 is 16.4 Å². The van der Waals surface area contributed by atoms with Crippen molar-refractivity contribution in [2.75, 3.05) is 0 Å². The molecule has 45 heavy (non-hydrogen) atoms. The Balaban J connectivity index is 1.38. The van der Waals surface area contributed by atoms with Crippen molar-refractivity contribution in [1.29, 1.82) is 0 Å². The molecule has 0 unspecified atom stereocenters. The predicted octanol–water partition coefficient (Wildman–Crippen LogP) is 6.62. The minimum atomic E-state index is -0.186. The highest BCUT2D eigenvalue weighted by molar-refractivity contribution is 6.41. The molecule has 12 rings (SSSR count). The monoisotopic (exact) mass is 576 g/mol. The van der Waals surface area contributed by atoms with Gasteiger partial charge in [-0.3, -0.25) is 18.8 Å². The molecule has 0 saturated carbocycles. The third-order valence-corrected chi connectivity index (χ3v) is 10.3. The number of para-hydroxylation sites is 4. The van der Waals surface area contributed by atoms with Crippen LogP contribution in [0, 0.1) is 0 Å². The Labute approximate surface area is 250 Å². The zero-order valence-corrected chi connectivity index (χ0v) is 23.3. The van der Waals surface area contributed by atoms with E-state index >= 15 is 0 Å². The molecule has 8 aromatic carbocycles. The first-order valence-corrected chi connectivity index (χ1v) is 14.9. The van der Waals surface area contributed by atoms with Crippen molar-refractivity contribution in [3.63, 3.8) is 0 Å². The van der Waals surface area contributed by atoms with Crippen LogP contribution in [0.3, 0.4) is 0 Å². The van der Waals surface area contributed by atoms with Crippen molar-refractivity contribution in [2.45, 2.75) is 6.54 Å². The van der Waals surface area contributed by atoms with Gasteiger partial charge < -0.3 is 4.57 Å². The predicted molar refractivity (Wildman–Crippen MR) is 179 cm³/mol. The average molecular weight is 577 g/mol. The minimum absolute atomic E-state index is 0.0883. The lowest BCUT2D eigenvalue weighted by molar-refractivity contribution is 0.832. The fraction of sp³-hybridized carbons (Fsp3) is 0.0263. The summed E-state index contributed by atoms with van der Waals surface area (Å²) in [6.07, 6.45) is 0. The molecule has 0 radical (unpaired) electrons. The summed E-state index contributed by atoms with van der Waals surface area (Å²) in [5.74, 6) is 0.859. The maximum Gasteiger partial charge on any atom is 0.264 e. The normalized spacial score (nSPS) is 13.5. The van der Waals surface area contributed by atoms with E-state index in [2.05, 4.69) is 10.6 Å². The molecule has 0 spiro atoms. The molecular weight excluding hydrogens is 560 g/mol. The molecule has 0 atom stereocenters. The van der Waals surface area contributed by atoms with E-state index in [1.54, 1.807) is 16.5 Å². The van der Waals surface area contributed by atoms with E-state index in [0.717, 1.165) is 49.5 Å². The van der Waals surface area contributed by atoms with Gasteiger partial charge in [0.2, 0.25) is 0 Å². The van der Waals surface area contributed by atoms with Crippen molar-refractivity contribution < 1.29 is 0 Å². The van der Waals surface area contributed by atoms with E-state index in [1.807, 2.05) is 66.7 Å². The van der Waals surface area contributed by atoms with Gasteiger partial charge in [0.15, 0.2) is 10.9 Å². The molecule has 0 bridgehead atoms. The molecule has 0 amide bonds. The standard InChI is InChI=1S/C38H16N4O3/c43-34-18-10-12-20-29-23(37-40-25-6-2-4-8-27(25)42(37)38(20)45)14-22-33(31(18)29)32-21(34)13-16-15-41-26-7-3-1-5-24(26)39-36(41)19-11-9-17(35(22)44)30(32)28(16)19/h1-14H,15H2. The first kappa shape index (κ1) is 22.3.